The lowest BCUT2D eigenvalue weighted by molar-refractivity contribution is 0.0697. The molecule has 0 atom stereocenters. The molecule has 0 saturated heterocycles. The Labute approximate surface area is 148 Å². The first-order valence-corrected chi connectivity index (χ1v) is 7.83. The normalized spacial score (nSPS) is 10.8. The number of carboxylic acids is 1. The summed E-state index contributed by atoms with van der Waals surface area (Å²) in [6.45, 7) is 1.95. The van der Waals surface area contributed by atoms with Crippen LogP contribution in [0.3, 0.4) is 0 Å². The summed E-state index contributed by atoms with van der Waals surface area (Å²) in [4.78, 5) is 16.0. The van der Waals surface area contributed by atoms with Gasteiger partial charge in [-0.05, 0) is 25.1 Å². The van der Waals surface area contributed by atoms with Crippen LogP contribution in [0.4, 0.5) is 0 Å². The number of hydrogen-bond donors (Lipinski definition) is 1. The lowest BCUT2D eigenvalue weighted by Gasteiger charge is -2.03. The van der Waals surface area contributed by atoms with Gasteiger partial charge in [-0.25, -0.2) is 14.5 Å². The van der Waals surface area contributed by atoms with Crippen LogP contribution in [0.2, 0.25) is 0 Å². The Kier molecular flexibility index (Phi) is 3.77. The second-order valence-corrected chi connectivity index (χ2v) is 5.75. The fraction of sp³-hybridized carbons (Fsp3) is 0.0556. The van der Waals surface area contributed by atoms with E-state index in [2.05, 4.69) is 20.3 Å². The molecule has 26 heavy (non-hydrogen) atoms. The third-order valence-electron chi connectivity index (χ3n) is 3.92. The summed E-state index contributed by atoms with van der Waals surface area (Å²) >= 11 is 0. The van der Waals surface area contributed by atoms with E-state index in [1.54, 1.807) is 35.6 Å². The molecule has 0 unspecified atom stereocenters. The van der Waals surface area contributed by atoms with Gasteiger partial charge in [-0.3, -0.25) is 4.57 Å². The quantitative estimate of drug-likeness (QED) is 0.610. The number of carbonyl (C=O) groups is 1. The van der Waals surface area contributed by atoms with Crippen LogP contribution in [0.15, 0.2) is 61.4 Å². The molecule has 0 saturated carbocycles. The van der Waals surface area contributed by atoms with E-state index in [4.69, 9.17) is 0 Å². The van der Waals surface area contributed by atoms with Gasteiger partial charge >= 0.3 is 5.97 Å². The van der Waals surface area contributed by atoms with Crippen LogP contribution < -0.4 is 0 Å². The van der Waals surface area contributed by atoms with Gasteiger partial charge in [0.15, 0.2) is 0 Å². The van der Waals surface area contributed by atoms with Gasteiger partial charge in [0, 0.05) is 11.8 Å². The summed E-state index contributed by atoms with van der Waals surface area (Å²) in [5.41, 5.74) is 3.01. The van der Waals surface area contributed by atoms with Gasteiger partial charge in [-0.2, -0.15) is 5.10 Å². The number of hydrogen-bond acceptors (Lipinski definition) is 5. The number of nitrogens with zero attached hydrogens (tertiary/aromatic N) is 6. The standard InChI is InChI=1S/C18H14N6O2/c1-12-3-2-4-13(7-12)17-15(18(25)26)9-24(22-17)14-5-6-16(19-8-14)23-10-20-21-11-23/h2-11H,1H3,(H,25,26). The number of pyridine rings is 1. The molecular formula is C18H14N6O2. The van der Waals surface area contributed by atoms with Crippen molar-refractivity contribution in [3.05, 3.63) is 72.6 Å². The van der Waals surface area contributed by atoms with Crippen LogP contribution >= 0.6 is 0 Å². The van der Waals surface area contributed by atoms with Crippen molar-refractivity contribution >= 4 is 5.97 Å². The Balaban J connectivity index is 1.76. The van der Waals surface area contributed by atoms with Crippen LogP contribution in [0.1, 0.15) is 15.9 Å². The number of aryl methyl sites for hydroxylation is 1. The number of aromatic carboxylic acids is 1. The highest BCUT2D eigenvalue weighted by molar-refractivity contribution is 5.94. The largest absolute Gasteiger partial charge is 0.478 e. The van der Waals surface area contributed by atoms with Crippen molar-refractivity contribution in [2.45, 2.75) is 6.92 Å². The fourth-order valence-corrected chi connectivity index (χ4v) is 2.65. The van der Waals surface area contributed by atoms with Crippen molar-refractivity contribution in [3.8, 4) is 22.8 Å². The lowest BCUT2D eigenvalue weighted by atomic mass is 10.1. The topological polar surface area (TPSA) is 98.7 Å². The minimum Gasteiger partial charge on any atom is -0.478 e. The molecule has 128 valence electrons. The zero-order valence-corrected chi connectivity index (χ0v) is 13.8. The molecule has 4 aromatic rings. The molecule has 1 N–H and O–H groups in total. The van der Waals surface area contributed by atoms with E-state index in [-0.39, 0.29) is 5.56 Å². The first-order chi connectivity index (χ1) is 12.6. The van der Waals surface area contributed by atoms with E-state index in [0.29, 0.717) is 17.2 Å². The summed E-state index contributed by atoms with van der Waals surface area (Å²) in [6, 6.07) is 11.2. The van der Waals surface area contributed by atoms with E-state index in [9.17, 15) is 9.90 Å². The first-order valence-electron chi connectivity index (χ1n) is 7.83. The predicted octanol–water partition coefficient (Wildman–Crippen LogP) is 2.52. The third kappa shape index (κ3) is 2.84. The average Bonchev–Trinajstić information content (AvgIpc) is 3.32. The maximum atomic E-state index is 11.6. The molecule has 0 bridgehead atoms. The van der Waals surface area contributed by atoms with E-state index in [1.807, 2.05) is 31.2 Å². The molecule has 0 aliphatic heterocycles. The Morgan fingerprint density at radius 3 is 2.58 bits per heavy atom. The number of aromatic nitrogens is 6. The fourth-order valence-electron chi connectivity index (χ4n) is 2.65. The molecule has 0 fully saturated rings. The van der Waals surface area contributed by atoms with Gasteiger partial charge in [-0.15, -0.1) is 10.2 Å². The molecule has 3 heterocycles. The first kappa shape index (κ1) is 15.7. The molecule has 0 spiro atoms. The number of benzene rings is 1. The second-order valence-electron chi connectivity index (χ2n) is 5.75. The molecule has 0 amide bonds. The van der Waals surface area contributed by atoms with Crippen LogP contribution in [-0.4, -0.2) is 40.6 Å². The molecule has 8 heteroatoms. The van der Waals surface area contributed by atoms with Gasteiger partial charge in [0.25, 0.3) is 0 Å². The third-order valence-corrected chi connectivity index (χ3v) is 3.92. The zero-order valence-electron chi connectivity index (χ0n) is 13.8. The Morgan fingerprint density at radius 1 is 1.12 bits per heavy atom. The van der Waals surface area contributed by atoms with Crippen LogP contribution in [0, 0.1) is 6.92 Å². The molecule has 0 aliphatic carbocycles. The van der Waals surface area contributed by atoms with Gasteiger partial charge in [0.2, 0.25) is 0 Å². The molecule has 1 aromatic carbocycles. The number of carboxylic acid groups (broad SMARTS) is 1. The van der Waals surface area contributed by atoms with Gasteiger partial charge in [0.1, 0.15) is 29.7 Å². The van der Waals surface area contributed by atoms with Crippen LogP contribution in [0.5, 0.6) is 0 Å². The second kappa shape index (κ2) is 6.25. The van der Waals surface area contributed by atoms with E-state index < -0.39 is 5.97 Å². The predicted molar refractivity (Wildman–Crippen MR) is 93.4 cm³/mol. The number of rotatable bonds is 4. The maximum Gasteiger partial charge on any atom is 0.339 e. The van der Waals surface area contributed by atoms with Crippen molar-refractivity contribution in [2.75, 3.05) is 0 Å². The Hall–Kier alpha value is -3.81. The maximum absolute atomic E-state index is 11.6. The van der Waals surface area contributed by atoms with Crippen LogP contribution in [-0.2, 0) is 0 Å². The van der Waals surface area contributed by atoms with Crippen LogP contribution in [0.25, 0.3) is 22.8 Å². The minimum atomic E-state index is -1.03. The molecule has 0 aliphatic rings. The van der Waals surface area contributed by atoms with Gasteiger partial charge in [-0.1, -0.05) is 23.8 Å². The van der Waals surface area contributed by atoms with Crippen molar-refractivity contribution in [1.29, 1.82) is 0 Å². The van der Waals surface area contributed by atoms with Crippen molar-refractivity contribution in [2.24, 2.45) is 0 Å². The smallest absolute Gasteiger partial charge is 0.339 e. The molecule has 4 rings (SSSR count). The summed E-state index contributed by atoms with van der Waals surface area (Å²) in [7, 11) is 0. The SMILES string of the molecule is Cc1cccc(-c2nn(-c3ccc(-n4cnnc4)nc3)cc2C(=O)O)c1. The zero-order chi connectivity index (χ0) is 18.1. The van der Waals surface area contributed by atoms with Crippen molar-refractivity contribution in [3.63, 3.8) is 0 Å². The average molecular weight is 346 g/mol. The molecule has 8 nitrogen and oxygen atoms in total. The summed E-state index contributed by atoms with van der Waals surface area (Å²) in [5.74, 6) is -0.370. The molecule has 3 aromatic heterocycles. The summed E-state index contributed by atoms with van der Waals surface area (Å²) in [6.07, 6.45) is 6.21. The Morgan fingerprint density at radius 2 is 1.92 bits per heavy atom. The molecule has 0 radical (unpaired) electrons. The highest BCUT2D eigenvalue weighted by Gasteiger charge is 2.18. The Bertz CT molecular complexity index is 1070. The highest BCUT2D eigenvalue weighted by atomic mass is 16.4. The van der Waals surface area contributed by atoms with E-state index >= 15 is 0 Å². The van der Waals surface area contributed by atoms with Crippen molar-refractivity contribution < 1.29 is 9.90 Å². The minimum absolute atomic E-state index is 0.137. The van der Waals surface area contributed by atoms with E-state index in [1.165, 1.54) is 10.9 Å². The monoisotopic (exact) mass is 346 g/mol. The van der Waals surface area contributed by atoms with Gasteiger partial charge < -0.3 is 5.11 Å². The van der Waals surface area contributed by atoms with Crippen molar-refractivity contribution in [1.82, 2.24) is 29.5 Å². The molecular weight excluding hydrogens is 332 g/mol. The lowest BCUT2D eigenvalue weighted by Crippen LogP contribution is -1.99. The van der Waals surface area contributed by atoms with Gasteiger partial charge in [0.05, 0.1) is 11.9 Å². The highest BCUT2D eigenvalue weighted by Crippen LogP contribution is 2.24. The summed E-state index contributed by atoms with van der Waals surface area (Å²) < 4.78 is 3.19. The van der Waals surface area contributed by atoms with E-state index in [0.717, 1.165) is 11.1 Å². The summed E-state index contributed by atoms with van der Waals surface area (Å²) in [5, 5.41) is 21.5.